The van der Waals surface area contributed by atoms with Crippen molar-refractivity contribution < 1.29 is 5.11 Å². The standard InChI is InChI=1S/C11H20N2OS/c1-7(2)6-8(14)9-10(11(3,4)5)12-13-15-9/h7-8,14H,6H2,1-5H3. The summed E-state index contributed by atoms with van der Waals surface area (Å²) in [5.41, 5.74) is 0.890. The topological polar surface area (TPSA) is 46.0 Å². The van der Waals surface area contributed by atoms with Crippen molar-refractivity contribution in [3.05, 3.63) is 10.6 Å². The van der Waals surface area contributed by atoms with Crippen molar-refractivity contribution in [1.82, 2.24) is 9.59 Å². The summed E-state index contributed by atoms with van der Waals surface area (Å²) in [4.78, 5) is 0.927. The second-order valence-corrected chi connectivity index (χ2v) is 6.17. The highest BCUT2D eigenvalue weighted by Gasteiger charge is 2.26. The van der Waals surface area contributed by atoms with Crippen LogP contribution >= 0.6 is 11.5 Å². The van der Waals surface area contributed by atoms with Gasteiger partial charge in [0.1, 0.15) is 0 Å². The Bertz CT molecular complexity index is 315. The molecule has 0 saturated carbocycles. The number of nitrogens with zero attached hydrogens (tertiary/aromatic N) is 2. The van der Waals surface area contributed by atoms with E-state index < -0.39 is 6.10 Å². The molecule has 0 radical (unpaired) electrons. The summed E-state index contributed by atoms with van der Waals surface area (Å²) in [6.07, 6.45) is 0.353. The first kappa shape index (κ1) is 12.6. The van der Waals surface area contributed by atoms with Crippen molar-refractivity contribution in [2.45, 2.75) is 52.6 Å². The lowest BCUT2D eigenvalue weighted by Crippen LogP contribution is -2.16. The fourth-order valence-electron chi connectivity index (χ4n) is 1.49. The molecule has 0 aromatic carbocycles. The van der Waals surface area contributed by atoms with Crippen LogP contribution in [-0.2, 0) is 5.41 Å². The predicted octanol–water partition coefficient (Wildman–Crippen LogP) is 2.92. The summed E-state index contributed by atoms with van der Waals surface area (Å²) >= 11 is 1.32. The average Bonchev–Trinajstić information content (AvgIpc) is 2.48. The summed E-state index contributed by atoms with van der Waals surface area (Å²) in [7, 11) is 0. The van der Waals surface area contributed by atoms with Crippen molar-refractivity contribution >= 4 is 11.5 Å². The molecule has 0 bridgehead atoms. The van der Waals surface area contributed by atoms with Gasteiger partial charge >= 0.3 is 0 Å². The Labute approximate surface area is 95.7 Å². The maximum Gasteiger partial charge on any atom is 0.0919 e. The molecule has 0 fully saturated rings. The zero-order chi connectivity index (χ0) is 11.6. The molecule has 1 aromatic rings. The highest BCUT2D eigenvalue weighted by atomic mass is 32.1. The highest BCUT2D eigenvalue weighted by molar-refractivity contribution is 7.05. The van der Waals surface area contributed by atoms with Crippen LogP contribution in [0.3, 0.4) is 0 Å². The number of rotatable bonds is 3. The molecule has 0 aliphatic heterocycles. The Morgan fingerprint density at radius 3 is 2.40 bits per heavy atom. The normalized spacial score (nSPS) is 14.6. The van der Waals surface area contributed by atoms with Crippen LogP contribution in [0.15, 0.2) is 0 Å². The van der Waals surface area contributed by atoms with Crippen LogP contribution in [0.1, 0.15) is 57.7 Å². The summed E-state index contributed by atoms with van der Waals surface area (Å²) in [6, 6.07) is 0. The van der Waals surface area contributed by atoms with Crippen LogP contribution in [0, 0.1) is 5.92 Å². The smallest absolute Gasteiger partial charge is 0.0919 e. The van der Waals surface area contributed by atoms with Crippen LogP contribution in [0.2, 0.25) is 0 Å². The third kappa shape index (κ3) is 3.24. The molecule has 1 heterocycles. The van der Waals surface area contributed by atoms with Crippen molar-refractivity contribution in [1.29, 1.82) is 0 Å². The van der Waals surface area contributed by atoms with Gasteiger partial charge in [-0.1, -0.05) is 39.1 Å². The van der Waals surface area contributed by atoms with Crippen molar-refractivity contribution in [3.8, 4) is 0 Å². The van der Waals surface area contributed by atoms with E-state index in [1.54, 1.807) is 0 Å². The Morgan fingerprint density at radius 2 is 1.93 bits per heavy atom. The lowest BCUT2D eigenvalue weighted by molar-refractivity contribution is 0.152. The average molecular weight is 228 g/mol. The second kappa shape index (κ2) is 4.58. The van der Waals surface area contributed by atoms with Crippen LogP contribution in [0.25, 0.3) is 0 Å². The van der Waals surface area contributed by atoms with Gasteiger partial charge < -0.3 is 5.11 Å². The van der Waals surface area contributed by atoms with E-state index in [-0.39, 0.29) is 5.41 Å². The maximum absolute atomic E-state index is 10.1. The van der Waals surface area contributed by atoms with E-state index in [2.05, 4.69) is 44.2 Å². The van der Waals surface area contributed by atoms with Gasteiger partial charge in [0.2, 0.25) is 0 Å². The molecule has 1 rings (SSSR count). The lowest BCUT2D eigenvalue weighted by Gasteiger charge is -2.19. The van der Waals surface area contributed by atoms with E-state index in [0.29, 0.717) is 5.92 Å². The fraction of sp³-hybridized carbons (Fsp3) is 0.818. The van der Waals surface area contributed by atoms with E-state index >= 15 is 0 Å². The molecular weight excluding hydrogens is 208 g/mol. The van der Waals surface area contributed by atoms with E-state index in [1.165, 1.54) is 11.5 Å². The van der Waals surface area contributed by atoms with Crippen LogP contribution in [0.5, 0.6) is 0 Å². The van der Waals surface area contributed by atoms with Gasteiger partial charge in [0.25, 0.3) is 0 Å². The van der Waals surface area contributed by atoms with Gasteiger partial charge in [-0.2, -0.15) is 0 Å². The number of hydrogen-bond acceptors (Lipinski definition) is 4. The van der Waals surface area contributed by atoms with E-state index in [9.17, 15) is 5.11 Å². The summed E-state index contributed by atoms with van der Waals surface area (Å²) in [6.45, 7) is 10.5. The number of aliphatic hydroxyl groups excluding tert-OH is 1. The minimum Gasteiger partial charge on any atom is -0.387 e. The second-order valence-electron chi connectivity index (χ2n) is 5.38. The van der Waals surface area contributed by atoms with Gasteiger partial charge in [-0.25, -0.2) is 0 Å². The largest absolute Gasteiger partial charge is 0.387 e. The third-order valence-corrected chi connectivity index (χ3v) is 3.05. The van der Waals surface area contributed by atoms with Gasteiger partial charge in [-0.3, -0.25) is 0 Å². The number of hydrogen-bond donors (Lipinski definition) is 1. The minimum atomic E-state index is -0.417. The van der Waals surface area contributed by atoms with Crippen molar-refractivity contribution in [2.75, 3.05) is 0 Å². The lowest BCUT2D eigenvalue weighted by atomic mass is 9.89. The first-order chi connectivity index (χ1) is 6.82. The van der Waals surface area contributed by atoms with E-state index in [0.717, 1.165) is 17.0 Å². The van der Waals surface area contributed by atoms with Crippen LogP contribution in [-0.4, -0.2) is 14.7 Å². The van der Waals surface area contributed by atoms with Gasteiger partial charge in [0.15, 0.2) is 0 Å². The quantitative estimate of drug-likeness (QED) is 0.865. The van der Waals surface area contributed by atoms with E-state index in [4.69, 9.17) is 0 Å². The Balaban J connectivity index is 2.90. The Kier molecular flexibility index (Phi) is 3.84. The minimum absolute atomic E-state index is 0.0414. The van der Waals surface area contributed by atoms with Gasteiger partial charge in [-0.15, -0.1) is 5.10 Å². The molecule has 0 aliphatic carbocycles. The molecule has 1 N–H and O–H groups in total. The SMILES string of the molecule is CC(C)CC(O)c1snnc1C(C)(C)C. The highest BCUT2D eigenvalue weighted by Crippen LogP contribution is 2.32. The first-order valence-corrected chi connectivity index (χ1v) is 6.10. The molecule has 1 unspecified atom stereocenters. The molecule has 3 nitrogen and oxygen atoms in total. The molecular formula is C11H20N2OS. The molecule has 4 heteroatoms. The summed E-state index contributed by atoms with van der Waals surface area (Å²) in [5.74, 6) is 0.481. The molecule has 0 spiro atoms. The van der Waals surface area contributed by atoms with Crippen LogP contribution in [0.4, 0.5) is 0 Å². The zero-order valence-electron chi connectivity index (χ0n) is 10.1. The maximum atomic E-state index is 10.1. The third-order valence-electron chi connectivity index (χ3n) is 2.22. The Morgan fingerprint density at radius 1 is 1.33 bits per heavy atom. The summed E-state index contributed by atoms with van der Waals surface area (Å²) in [5, 5.41) is 14.2. The number of aliphatic hydroxyl groups is 1. The zero-order valence-corrected chi connectivity index (χ0v) is 10.9. The van der Waals surface area contributed by atoms with Gasteiger partial charge in [-0.05, 0) is 23.9 Å². The molecule has 0 saturated heterocycles. The first-order valence-electron chi connectivity index (χ1n) is 5.33. The molecule has 1 aromatic heterocycles. The molecule has 1 atom stereocenters. The van der Waals surface area contributed by atoms with E-state index in [1.807, 2.05) is 0 Å². The molecule has 15 heavy (non-hydrogen) atoms. The monoisotopic (exact) mass is 228 g/mol. The summed E-state index contributed by atoms with van der Waals surface area (Å²) < 4.78 is 3.95. The Hall–Kier alpha value is -0.480. The van der Waals surface area contributed by atoms with Crippen molar-refractivity contribution in [2.24, 2.45) is 5.92 Å². The van der Waals surface area contributed by atoms with Crippen LogP contribution < -0.4 is 0 Å². The fourth-order valence-corrected chi connectivity index (χ4v) is 2.35. The molecule has 86 valence electrons. The van der Waals surface area contributed by atoms with Gasteiger partial charge in [0, 0.05) is 5.41 Å². The predicted molar refractivity (Wildman–Crippen MR) is 63.0 cm³/mol. The number of aromatic nitrogens is 2. The van der Waals surface area contributed by atoms with Gasteiger partial charge in [0.05, 0.1) is 16.7 Å². The van der Waals surface area contributed by atoms with Crippen molar-refractivity contribution in [3.63, 3.8) is 0 Å². The molecule has 0 aliphatic rings. The molecule has 0 amide bonds.